The van der Waals surface area contributed by atoms with E-state index in [1.54, 1.807) is 6.92 Å². The van der Waals surface area contributed by atoms with E-state index in [1.165, 1.54) is 19.2 Å². The number of halogens is 3. The molecular formula is C26H32F3N5O3. The van der Waals surface area contributed by atoms with Crippen molar-refractivity contribution in [3.63, 3.8) is 0 Å². The smallest absolute Gasteiger partial charge is 0.293 e. The predicted octanol–water partition coefficient (Wildman–Crippen LogP) is 4.41. The van der Waals surface area contributed by atoms with Gasteiger partial charge < -0.3 is 19.7 Å². The molecule has 1 aliphatic heterocycles. The number of ether oxygens (including phenoxy) is 2. The molecule has 1 aromatic carbocycles. The molecule has 200 valence electrons. The molecule has 37 heavy (non-hydrogen) atoms. The molecule has 11 heteroatoms. The number of aromatic nitrogens is 3. The number of nitrogens with one attached hydrogen (secondary N) is 1. The highest BCUT2D eigenvalue weighted by Gasteiger charge is 2.25. The summed E-state index contributed by atoms with van der Waals surface area (Å²) in [7, 11) is 5.38. The lowest BCUT2D eigenvalue weighted by Gasteiger charge is -2.25. The second kappa shape index (κ2) is 11.5. The molecule has 0 amide bonds. The third-order valence-corrected chi connectivity index (χ3v) is 6.57. The number of benzene rings is 1. The molecule has 4 rings (SSSR count). The Labute approximate surface area is 213 Å². The Balaban J connectivity index is 1.79. The van der Waals surface area contributed by atoms with Crippen molar-refractivity contribution in [2.75, 3.05) is 45.8 Å². The summed E-state index contributed by atoms with van der Waals surface area (Å²) < 4.78 is 54.0. The van der Waals surface area contributed by atoms with Crippen LogP contribution in [0.2, 0.25) is 0 Å². The highest BCUT2D eigenvalue weighted by Crippen LogP contribution is 2.36. The van der Waals surface area contributed by atoms with Crippen LogP contribution in [0, 0.1) is 5.82 Å². The van der Waals surface area contributed by atoms with Crippen molar-refractivity contribution in [2.24, 2.45) is 7.05 Å². The lowest BCUT2D eigenvalue weighted by molar-refractivity contribution is 0.0844. The number of hydrogen-bond donors (Lipinski definition) is 1. The van der Waals surface area contributed by atoms with E-state index in [9.17, 15) is 18.0 Å². The van der Waals surface area contributed by atoms with E-state index in [0.717, 1.165) is 29.2 Å². The van der Waals surface area contributed by atoms with Gasteiger partial charge in [0.05, 0.1) is 17.0 Å². The van der Waals surface area contributed by atoms with Gasteiger partial charge in [0.2, 0.25) is 5.88 Å². The van der Waals surface area contributed by atoms with Gasteiger partial charge in [-0.3, -0.25) is 4.79 Å². The molecule has 0 bridgehead atoms. The molecule has 1 atom stereocenters. The molecule has 1 saturated heterocycles. The number of hydrogen-bond acceptors (Lipinski definition) is 7. The quantitative estimate of drug-likeness (QED) is 0.449. The summed E-state index contributed by atoms with van der Waals surface area (Å²) >= 11 is 0. The fraction of sp³-hybridized carbons (Fsp3) is 0.500. The zero-order valence-electron chi connectivity index (χ0n) is 21.4. The van der Waals surface area contributed by atoms with E-state index in [2.05, 4.69) is 15.4 Å². The van der Waals surface area contributed by atoms with Gasteiger partial charge in [-0.25, -0.2) is 22.8 Å². The van der Waals surface area contributed by atoms with Crippen LogP contribution in [0.4, 0.5) is 19.0 Å². The van der Waals surface area contributed by atoms with Crippen LogP contribution in [0.3, 0.4) is 0 Å². The fourth-order valence-electron chi connectivity index (χ4n) is 4.46. The normalized spacial score (nSPS) is 15.5. The number of fused-ring (bicyclic) bond motifs is 1. The zero-order valence-corrected chi connectivity index (χ0v) is 21.4. The molecule has 0 radical (unpaired) electrons. The maximum Gasteiger partial charge on any atom is 0.293 e. The van der Waals surface area contributed by atoms with Crippen LogP contribution < -0.4 is 15.6 Å². The van der Waals surface area contributed by atoms with Crippen LogP contribution in [0.1, 0.15) is 54.8 Å². The van der Waals surface area contributed by atoms with Crippen molar-refractivity contribution in [3.05, 3.63) is 57.1 Å². The zero-order chi connectivity index (χ0) is 26.7. The molecule has 3 heterocycles. The van der Waals surface area contributed by atoms with Crippen molar-refractivity contribution in [2.45, 2.75) is 38.2 Å². The maximum atomic E-state index is 14.8. The van der Waals surface area contributed by atoms with Gasteiger partial charge >= 0.3 is 0 Å². The van der Waals surface area contributed by atoms with Crippen LogP contribution in [0.25, 0.3) is 10.9 Å². The Bertz CT molecular complexity index is 1310. The molecule has 0 spiro atoms. The van der Waals surface area contributed by atoms with Gasteiger partial charge in [0, 0.05) is 37.9 Å². The van der Waals surface area contributed by atoms with E-state index in [0.29, 0.717) is 43.4 Å². The second-order valence-corrected chi connectivity index (χ2v) is 9.51. The SMILES string of the molecule is C[C@@H](Nc1nn(C)c(=O)c2nc(OCCN(C)C)c(C3CCOCC3)cc12)c1cccc(C(F)F)c1F. The first kappa shape index (κ1) is 26.9. The van der Waals surface area contributed by atoms with E-state index in [-0.39, 0.29) is 17.0 Å². The molecule has 8 nitrogen and oxygen atoms in total. The Morgan fingerprint density at radius 3 is 2.62 bits per heavy atom. The summed E-state index contributed by atoms with van der Waals surface area (Å²) in [6, 6.07) is 5.06. The number of rotatable bonds is 9. The monoisotopic (exact) mass is 519 g/mol. The molecule has 0 aliphatic carbocycles. The van der Waals surface area contributed by atoms with E-state index in [4.69, 9.17) is 9.47 Å². The molecule has 0 unspecified atom stereocenters. The van der Waals surface area contributed by atoms with Gasteiger partial charge in [-0.05, 0) is 45.8 Å². The maximum absolute atomic E-state index is 14.8. The summed E-state index contributed by atoms with van der Waals surface area (Å²) in [5, 5.41) is 7.94. The number of anilines is 1. The van der Waals surface area contributed by atoms with Crippen molar-refractivity contribution in [3.8, 4) is 5.88 Å². The van der Waals surface area contributed by atoms with Crippen LogP contribution in [0.15, 0.2) is 29.1 Å². The Kier molecular flexibility index (Phi) is 8.33. The average molecular weight is 520 g/mol. The van der Waals surface area contributed by atoms with Gasteiger partial charge in [0.1, 0.15) is 17.9 Å². The summed E-state index contributed by atoms with van der Waals surface area (Å²) in [4.78, 5) is 19.6. The lowest BCUT2D eigenvalue weighted by Crippen LogP contribution is -2.25. The van der Waals surface area contributed by atoms with Crippen molar-refractivity contribution >= 4 is 16.7 Å². The highest BCUT2D eigenvalue weighted by molar-refractivity contribution is 5.89. The first-order valence-corrected chi connectivity index (χ1v) is 12.3. The third kappa shape index (κ3) is 5.88. The van der Waals surface area contributed by atoms with Crippen LogP contribution in [-0.4, -0.2) is 60.1 Å². The Hall–Kier alpha value is -3.18. The topological polar surface area (TPSA) is 81.5 Å². The fourth-order valence-corrected chi connectivity index (χ4v) is 4.46. The molecular weight excluding hydrogens is 487 g/mol. The standard InChI is InChI=1S/C26H32F3N5O3/c1-15(17-6-5-7-18(21(17)27)23(28)29)30-24-20-14-19(16-8-11-36-12-9-16)25(37-13-10-33(2)3)31-22(20)26(35)34(4)32-24/h5-7,14-16,23H,8-13H2,1-4H3,(H,30,32)/t15-/m1/s1. The van der Waals surface area contributed by atoms with E-state index < -0.39 is 29.4 Å². The summed E-state index contributed by atoms with van der Waals surface area (Å²) in [6.07, 6.45) is -1.37. The summed E-state index contributed by atoms with van der Waals surface area (Å²) in [6.45, 7) is 3.94. The van der Waals surface area contributed by atoms with Crippen LogP contribution in [0.5, 0.6) is 5.88 Å². The highest BCUT2D eigenvalue weighted by atomic mass is 19.3. The van der Waals surface area contributed by atoms with Crippen LogP contribution >= 0.6 is 0 Å². The lowest BCUT2D eigenvalue weighted by atomic mass is 9.91. The minimum absolute atomic E-state index is 0.0721. The van der Waals surface area contributed by atoms with Crippen molar-refractivity contribution < 1.29 is 22.6 Å². The third-order valence-electron chi connectivity index (χ3n) is 6.57. The minimum Gasteiger partial charge on any atom is -0.476 e. The number of pyridine rings is 1. The van der Waals surface area contributed by atoms with Gasteiger partial charge in [-0.2, -0.15) is 5.10 Å². The van der Waals surface area contributed by atoms with E-state index >= 15 is 0 Å². The average Bonchev–Trinajstić information content (AvgIpc) is 2.87. The largest absolute Gasteiger partial charge is 0.476 e. The van der Waals surface area contributed by atoms with Gasteiger partial charge in [0.25, 0.3) is 12.0 Å². The molecule has 0 saturated carbocycles. The van der Waals surface area contributed by atoms with Gasteiger partial charge in [-0.1, -0.05) is 18.2 Å². The first-order valence-electron chi connectivity index (χ1n) is 12.3. The molecule has 1 N–H and O–H groups in total. The molecule has 1 fully saturated rings. The predicted molar refractivity (Wildman–Crippen MR) is 135 cm³/mol. The van der Waals surface area contributed by atoms with Crippen molar-refractivity contribution in [1.29, 1.82) is 0 Å². The first-order chi connectivity index (χ1) is 17.7. The second-order valence-electron chi connectivity index (χ2n) is 9.51. The molecule has 3 aromatic rings. The Morgan fingerprint density at radius 2 is 1.95 bits per heavy atom. The number of nitrogens with zero attached hydrogens (tertiary/aromatic N) is 4. The molecule has 2 aromatic heterocycles. The van der Waals surface area contributed by atoms with E-state index in [1.807, 2.05) is 25.1 Å². The number of likely N-dealkylation sites (N-methyl/N-ethyl adjacent to an activating group) is 1. The molecule has 1 aliphatic rings. The van der Waals surface area contributed by atoms with Crippen LogP contribution in [-0.2, 0) is 11.8 Å². The van der Waals surface area contributed by atoms with Gasteiger partial charge in [0.15, 0.2) is 5.82 Å². The Morgan fingerprint density at radius 1 is 1.24 bits per heavy atom. The van der Waals surface area contributed by atoms with Crippen molar-refractivity contribution in [1.82, 2.24) is 19.7 Å². The van der Waals surface area contributed by atoms with Gasteiger partial charge in [-0.15, -0.1) is 0 Å². The number of alkyl halides is 2. The minimum atomic E-state index is -2.93. The number of aryl methyl sites for hydroxylation is 1. The summed E-state index contributed by atoms with van der Waals surface area (Å²) in [5.41, 5.74) is 0.0150. The summed E-state index contributed by atoms with van der Waals surface area (Å²) in [5.74, 6) is -0.148.